The first-order valence-electron chi connectivity index (χ1n) is 11.5. The van der Waals surface area contributed by atoms with Gasteiger partial charge in [-0.15, -0.1) is 0 Å². The van der Waals surface area contributed by atoms with E-state index in [2.05, 4.69) is 4.98 Å². The number of quaternary nitrogens is 1. The molecule has 0 aliphatic carbocycles. The average molecular weight is 538 g/mol. The van der Waals surface area contributed by atoms with E-state index < -0.39 is 0 Å². The van der Waals surface area contributed by atoms with Crippen LogP contribution in [0.25, 0.3) is 16.7 Å². The zero-order valence-corrected chi connectivity index (χ0v) is 21.6. The predicted molar refractivity (Wildman–Crippen MR) is 134 cm³/mol. The van der Waals surface area contributed by atoms with Crippen LogP contribution in [0.2, 0.25) is 10.0 Å². The zero-order chi connectivity index (χ0) is 23.7. The van der Waals surface area contributed by atoms with E-state index in [1.54, 1.807) is 25.3 Å². The standard InChI is InChI=1S/C25H26Cl2N4O3.ClH/c1-33-23-8-7-21-24(28-23)30-12-2-4-22(30)25(32)31(21)13-3-11-29-14-9-17(10-15-29)34-18-5-6-19(26)20(27)16-18;/h2,4-8,12,16-17H,3,9-11,13-15H2,1H3;1H. The van der Waals surface area contributed by atoms with Gasteiger partial charge in [0.05, 0.1) is 42.3 Å². The minimum absolute atomic E-state index is 0. The third-order valence-corrected chi connectivity index (χ3v) is 7.25. The number of rotatable bonds is 7. The highest BCUT2D eigenvalue weighted by Crippen LogP contribution is 2.27. The Labute approximate surface area is 219 Å². The van der Waals surface area contributed by atoms with E-state index >= 15 is 0 Å². The van der Waals surface area contributed by atoms with Gasteiger partial charge in [-0.2, -0.15) is 4.98 Å². The summed E-state index contributed by atoms with van der Waals surface area (Å²) < 4.78 is 15.1. The van der Waals surface area contributed by atoms with Gasteiger partial charge in [-0.05, 0) is 30.3 Å². The third-order valence-electron chi connectivity index (χ3n) is 6.52. The Morgan fingerprint density at radius 2 is 1.89 bits per heavy atom. The summed E-state index contributed by atoms with van der Waals surface area (Å²) in [5.41, 5.74) is 2.18. The van der Waals surface area contributed by atoms with E-state index in [4.69, 9.17) is 32.7 Å². The fourth-order valence-electron chi connectivity index (χ4n) is 4.73. The minimum atomic E-state index is 0. The lowest BCUT2D eigenvalue weighted by molar-refractivity contribution is -0.906. The van der Waals surface area contributed by atoms with E-state index in [9.17, 15) is 4.79 Å². The van der Waals surface area contributed by atoms with Crippen LogP contribution in [0.4, 0.5) is 0 Å². The van der Waals surface area contributed by atoms with Crippen LogP contribution in [0, 0.1) is 0 Å². The van der Waals surface area contributed by atoms with Gasteiger partial charge >= 0.3 is 0 Å². The summed E-state index contributed by atoms with van der Waals surface area (Å²) >= 11 is 12.1. The number of aryl methyl sites for hydroxylation is 1. The van der Waals surface area contributed by atoms with Crippen molar-refractivity contribution in [1.82, 2.24) is 14.0 Å². The van der Waals surface area contributed by atoms with Gasteiger partial charge in [0.1, 0.15) is 17.4 Å². The number of fused-ring (bicyclic) bond motifs is 3. The normalized spacial score (nSPS) is 17.9. The van der Waals surface area contributed by atoms with Gasteiger partial charge in [0.25, 0.3) is 5.56 Å². The largest absolute Gasteiger partial charge is 1.00 e. The Bertz CT molecular complexity index is 1380. The monoisotopic (exact) mass is 536 g/mol. The van der Waals surface area contributed by atoms with Crippen LogP contribution >= 0.6 is 23.2 Å². The lowest BCUT2D eigenvalue weighted by Gasteiger charge is -2.29. The van der Waals surface area contributed by atoms with E-state index in [1.807, 2.05) is 39.4 Å². The maximum atomic E-state index is 13.1. The number of methoxy groups -OCH3 is 1. The number of benzene rings is 1. The van der Waals surface area contributed by atoms with Crippen molar-refractivity contribution in [1.29, 1.82) is 0 Å². The number of likely N-dealkylation sites (tertiary alicyclic amines) is 1. The smallest absolute Gasteiger partial charge is 0.275 e. The first-order valence-corrected chi connectivity index (χ1v) is 12.3. The Morgan fingerprint density at radius 1 is 1.09 bits per heavy atom. The Hall–Kier alpha value is -2.45. The number of ether oxygens (including phenoxy) is 2. The summed E-state index contributed by atoms with van der Waals surface area (Å²) in [6, 6.07) is 12.8. The minimum Gasteiger partial charge on any atom is -1.00 e. The molecule has 0 saturated carbocycles. The molecule has 35 heavy (non-hydrogen) atoms. The van der Waals surface area contributed by atoms with Gasteiger partial charge in [-0.1, -0.05) is 23.2 Å². The van der Waals surface area contributed by atoms with E-state index in [-0.39, 0.29) is 24.1 Å². The van der Waals surface area contributed by atoms with Gasteiger partial charge in [-0.3, -0.25) is 9.20 Å². The molecule has 0 atom stereocenters. The second kappa shape index (κ2) is 11.1. The quantitative estimate of drug-likeness (QED) is 0.373. The van der Waals surface area contributed by atoms with Crippen LogP contribution in [-0.2, 0) is 6.54 Å². The molecule has 1 fully saturated rings. The van der Waals surface area contributed by atoms with Gasteiger partial charge in [0.2, 0.25) is 5.88 Å². The SMILES string of the molecule is COc1ccc2c(n1)n1cccc1c(=O)n2CCC[NH+]1CCC(Oc2ccc(Cl)c(Cl)c2)CC1.[Cl-]. The second-order valence-corrected chi connectivity index (χ2v) is 9.48. The Balaban J connectivity index is 0.00000289. The molecule has 4 aromatic rings. The highest BCUT2D eigenvalue weighted by atomic mass is 35.5. The fraction of sp³-hybridized carbons (Fsp3) is 0.360. The zero-order valence-electron chi connectivity index (χ0n) is 19.3. The number of nitrogens with zero attached hydrogens (tertiary/aromatic N) is 3. The van der Waals surface area contributed by atoms with Crippen molar-refractivity contribution >= 4 is 39.9 Å². The second-order valence-electron chi connectivity index (χ2n) is 8.66. The molecule has 1 aliphatic heterocycles. The van der Waals surface area contributed by atoms with Crippen molar-refractivity contribution in [3.05, 3.63) is 69.1 Å². The maximum absolute atomic E-state index is 13.1. The van der Waals surface area contributed by atoms with E-state index in [1.165, 1.54) is 4.90 Å². The predicted octanol–water partition coefficient (Wildman–Crippen LogP) is 0.485. The number of nitrogens with one attached hydrogen (secondary N) is 1. The molecule has 0 unspecified atom stereocenters. The van der Waals surface area contributed by atoms with Crippen molar-refractivity contribution in [2.45, 2.75) is 31.9 Å². The lowest BCUT2D eigenvalue weighted by Crippen LogP contribution is -3.13. The molecule has 4 heterocycles. The Kier molecular flexibility index (Phi) is 8.12. The maximum Gasteiger partial charge on any atom is 0.275 e. The molecule has 0 bridgehead atoms. The number of halogens is 3. The summed E-state index contributed by atoms with van der Waals surface area (Å²) in [7, 11) is 1.60. The van der Waals surface area contributed by atoms with Crippen LogP contribution in [-0.4, -0.2) is 46.8 Å². The molecular formula is C25H27Cl3N4O3. The number of hydrogen-bond donors (Lipinski definition) is 1. The molecule has 186 valence electrons. The molecule has 1 aromatic carbocycles. The van der Waals surface area contributed by atoms with Crippen LogP contribution in [0.1, 0.15) is 19.3 Å². The molecule has 3 aromatic heterocycles. The average Bonchev–Trinajstić information content (AvgIpc) is 3.35. The molecule has 0 radical (unpaired) electrons. The van der Waals surface area contributed by atoms with Crippen LogP contribution in [0.3, 0.4) is 0 Å². The molecule has 0 spiro atoms. The van der Waals surface area contributed by atoms with Crippen LogP contribution in [0.15, 0.2) is 53.5 Å². The van der Waals surface area contributed by atoms with Gasteiger partial charge in [0, 0.05) is 44.1 Å². The van der Waals surface area contributed by atoms with Gasteiger partial charge in [-0.25, -0.2) is 0 Å². The first-order chi connectivity index (χ1) is 16.5. The Morgan fingerprint density at radius 3 is 2.63 bits per heavy atom. The summed E-state index contributed by atoms with van der Waals surface area (Å²) in [4.78, 5) is 19.3. The first kappa shape index (κ1) is 25.6. The topological polar surface area (TPSA) is 62.2 Å². The highest BCUT2D eigenvalue weighted by Gasteiger charge is 2.23. The summed E-state index contributed by atoms with van der Waals surface area (Å²) in [6.07, 6.45) is 4.93. The van der Waals surface area contributed by atoms with Crippen LogP contribution < -0.4 is 32.3 Å². The number of hydrogen-bond acceptors (Lipinski definition) is 4. The van der Waals surface area contributed by atoms with Crippen molar-refractivity contribution in [2.24, 2.45) is 0 Å². The summed E-state index contributed by atoms with van der Waals surface area (Å²) in [6.45, 7) is 3.73. The van der Waals surface area contributed by atoms with E-state index in [0.717, 1.165) is 55.8 Å². The fourth-order valence-corrected chi connectivity index (χ4v) is 5.02. The number of aromatic nitrogens is 3. The molecule has 0 amide bonds. The van der Waals surface area contributed by atoms with E-state index in [0.29, 0.717) is 28.0 Å². The lowest BCUT2D eigenvalue weighted by atomic mass is 10.1. The van der Waals surface area contributed by atoms with Crippen molar-refractivity contribution in [3.63, 3.8) is 0 Å². The van der Waals surface area contributed by atoms with Crippen molar-refractivity contribution in [2.75, 3.05) is 26.7 Å². The van der Waals surface area contributed by atoms with Gasteiger partial charge < -0.3 is 31.3 Å². The molecule has 7 nitrogen and oxygen atoms in total. The number of pyridine rings is 1. The molecule has 1 saturated heterocycles. The molecule has 5 rings (SSSR count). The molecule has 10 heteroatoms. The van der Waals surface area contributed by atoms with Crippen molar-refractivity contribution in [3.8, 4) is 11.6 Å². The van der Waals surface area contributed by atoms with Gasteiger partial charge in [0.15, 0.2) is 5.65 Å². The molecule has 1 N–H and O–H groups in total. The molecular weight excluding hydrogens is 511 g/mol. The van der Waals surface area contributed by atoms with Crippen molar-refractivity contribution < 1.29 is 26.8 Å². The molecule has 1 aliphatic rings. The summed E-state index contributed by atoms with van der Waals surface area (Å²) in [5, 5.41) is 1.04. The third kappa shape index (κ3) is 5.38. The van der Waals surface area contributed by atoms with Crippen LogP contribution in [0.5, 0.6) is 11.6 Å². The summed E-state index contributed by atoms with van der Waals surface area (Å²) in [5.74, 6) is 1.29. The number of piperidine rings is 1. The highest BCUT2D eigenvalue weighted by molar-refractivity contribution is 6.42.